The topological polar surface area (TPSA) is 80.3 Å². The van der Waals surface area contributed by atoms with E-state index in [-0.39, 0.29) is 11.8 Å². The highest BCUT2D eigenvalue weighted by molar-refractivity contribution is 6.06. The second kappa shape index (κ2) is 9.01. The Labute approximate surface area is 169 Å². The van der Waals surface area contributed by atoms with Gasteiger partial charge >= 0.3 is 0 Å². The minimum Gasteiger partial charge on any atom is -0.497 e. The van der Waals surface area contributed by atoms with Crippen molar-refractivity contribution in [1.82, 2.24) is 10.3 Å². The van der Waals surface area contributed by atoms with Crippen LogP contribution in [-0.2, 0) is 6.54 Å². The van der Waals surface area contributed by atoms with E-state index in [0.29, 0.717) is 17.7 Å². The molecule has 0 radical (unpaired) electrons. The van der Waals surface area contributed by atoms with Gasteiger partial charge in [-0.15, -0.1) is 0 Å². The SMILES string of the molecule is COc1ccc(CNC(=O)c2cncc(C(=O)Nc3ccc(C)cc3C)c2)cc1. The summed E-state index contributed by atoms with van der Waals surface area (Å²) in [4.78, 5) is 29.1. The summed E-state index contributed by atoms with van der Waals surface area (Å²) in [5, 5.41) is 5.70. The number of hydrogen-bond acceptors (Lipinski definition) is 4. The number of methoxy groups -OCH3 is 1. The van der Waals surface area contributed by atoms with E-state index in [1.165, 1.54) is 18.5 Å². The van der Waals surface area contributed by atoms with Gasteiger partial charge < -0.3 is 15.4 Å². The lowest BCUT2D eigenvalue weighted by molar-refractivity contribution is 0.0950. The van der Waals surface area contributed by atoms with Crippen LogP contribution < -0.4 is 15.4 Å². The molecule has 1 heterocycles. The lowest BCUT2D eigenvalue weighted by atomic mass is 10.1. The number of rotatable bonds is 6. The Morgan fingerprint density at radius 3 is 2.28 bits per heavy atom. The number of anilines is 1. The van der Waals surface area contributed by atoms with E-state index in [9.17, 15) is 9.59 Å². The fraction of sp³-hybridized carbons (Fsp3) is 0.174. The number of aryl methyl sites for hydroxylation is 2. The number of aromatic nitrogens is 1. The van der Waals surface area contributed by atoms with Crippen molar-refractivity contribution in [2.24, 2.45) is 0 Å². The number of hydrogen-bond donors (Lipinski definition) is 2. The summed E-state index contributed by atoms with van der Waals surface area (Å²) in [5.41, 5.74) is 4.41. The zero-order valence-electron chi connectivity index (χ0n) is 16.7. The lowest BCUT2D eigenvalue weighted by Gasteiger charge is -2.10. The van der Waals surface area contributed by atoms with Crippen molar-refractivity contribution in [2.45, 2.75) is 20.4 Å². The van der Waals surface area contributed by atoms with E-state index in [0.717, 1.165) is 28.1 Å². The fourth-order valence-corrected chi connectivity index (χ4v) is 2.86. The Balaban J connectivity index is 1.65. The molecule has 0 unspecified atom stereocenters. The van der Waals surface area contributed by atoms with E-state index in [1.54, 1.807) is 7.11 Å². The van der Waals surface area contributed by atoms with Crippen LogP contribution in [-0.4, -0.2) is 23.9 Å². The molecule has 0 atom stereocenters. The van der Waals surface area contributed by atoms with Gasteiger partial charge in [0.2, 0.25) is 0 Å². The average Bonchev–Trinajstić information content (AvgIpc) is 2.74. The van der Waals surface area contributed by atoms with Gasteiger partial charge in [-0.25, -0.2) is 0 Å². The molecule has 3 rings (SSSR count). The molecule has 0 saturated heterocycles. The Kier molecular flexibility index (Phi) is 6.24. The van der Waals surface area contributed by atoms with Crippen LogP contribution >= 0.6 is 0 Å². The Bertz CT molecular complexity index is 1030. The summed E-state index contributed by atoms with van der Waals surface area (Å²) < 4.78 is 5.12. The number of carbonyl (C=O) groups excluding carboxylic acids is 2. The van der Waals surface area contributed by atoms with Crippen LogP contribution in [0.2, 0.25) is 0 Å². The number of nitrogens with zero attached hydrogens (tertiary/aromatic N) is 1. The smallest absolute Gasteiger partial charge is 0.257 e. The number of amides is 2. The summed E-state index contributed by atoms with van der Waals surface area (Å²) in [6.07, 6.45) is 2.89. The molecule has 0 aliphatic carbocycles. The molecule has 6 nitrogen and oxygen atoms in total. The van der Waals surface area contributed by atoms with Crippen LogP contribution in [0.3, 0.4) is 0 Å². The van der Waals surface area contributed by atoms with E-state index in [4.69, 9.17) is 4.74 Å². The quantitative estimate of drug-likeness (QED) is 0.670. The van der Waals surface area contributed by atoms with Gasteiger partial charge in [0, 0.05) is 24.6 Å². The predicted octanol–water partition coefficient (Wildman–Crippen LogP) is 3.89. The zero-order valence-corrected chi connectivity index (χ0v) is 16.7. The molecule has 0 saturated carbocycles. The third kappa shape index (κ3) is 5.19. The van der Waals surface area contributed by atoms with Gasteiger partial charge in [0.1, 0.15) is 5.75 Å². The van der Waals surface area contributed by atoms with Crippen LogP contribution in [0.25, 0.3) is 0 Å². The molecule has 0 spiro atoms. The second-order valence-corrected chi connectivity index (χ2v) is 6.77. The average molecular weight is 389 g/mol. The van der Waals surface area contributed by atoms with Gasteiger partial charge in [0.25, 0.3) is 11.8 Å². The van der Waals surface area contributed by atoms with E-state index < -0.39 is 0 Å². The molecule has 29 heavy (non-hydrogen) atoms. The molecule has 0 aliphatic rings. The lowest BCUT2D eigenvalue weighted by Crippen LogP contribution is -2.23. The second-order valence-electron chi connectivity index (χ2n) is 6.77. The summed E-state index contributed by atoms with van der Waals surface area (Å²) in [5.74, 6) is 0.149. The Hall–Kier alpha value is -3.67. The van der Waals surface area contributed by atoms with E-state index >= 15 is 0 Å². The van der Waals surface area contributed by atoms with Gasteiger partial charge in [-0.2, -0.15) is 0 Å². The molecular weight excluding hydrogens is 366 g/mol. The van der Waals surface area contributed by atoms with E-state index in [2.05, 4.69) is 15.6 Å². The van der Waals surface area contributed by atoms with Gasteiger partial charge in [-0.1, -0.05) is 29.8 Å². The van der Waals surface area contributed by atoms with Crippen molar-refractivity contribution in [3.05, 3.63) is 88.7 Å². The number of carbonyl (C=O) groups is 2. The first-order valence-electron chi connectivity index (χ1n) is 9.21. The monoisotopic (exact) mass is 389 g/mol. The minimum atomic E-state index is -0.311. The highest BCUT2D eigenvalue weighted by Gasteiger charge is 2.12. The van der Waals surface area contributed by atoms with Gasteiger partial charge in [0.15, 0.2) is 0 Å². The maximum Gasteiger partial charge on any atom is 0.257 e. The number of ether oxygens (including phenoxy) is 1. The molecule has 0 fully saturated rings. The molecular formula is C23H23N3O3. The molecule has 6 heteroatoms. The van der Waals surface area contributed by atoms with Crippen molar-refractivity contribution in [3.63, 3.8) is 0 Å². The highest BCUT2D eigenvalue weighted by Crippen LogP contribution is 2.17. The first-order valence-corrected chi connectivity index (χ1v) is 9.21. The maximum absolute atomic E-state index is 12.6. The summed E-state index contributed by atoms with van der Waals surface area (Å²) >= 11 is 0. The third-order valence-electron chi connectivity index (χ3n) is 4.50. The molecule has 0 bridgehead atoms. The molecule has 148 valence electrons. The first kappa shape index (κ1) is 20.1. The van der Waals surface area contributed by atoms with Gasteiger partial charge in [0.05, 0.1) is 18.2 Å². The van der Waals surface area contributed by atoms with Gasteiger partial charge in [-0.05, 0) is 49.2 Å². The summed E-state index contributed by atoms with van der Waals surface area (Å²) in [6, 6.07) is 14.8. The van der Waals surface area contributed by atoms with Crippen LogP contribution in [0, 0.1) is 13.8 Å². The van der Waals surface area contributed by atoms with Crippen molar-refractivity contribution >= 4 is 17.5 Å². The Morgan fingerprint density at radius 1 is 0.931 bits per heavy atom. The molecule has 1 aromatic heterocycles. The normalized spacial score (nSPS) is 10.3. The Morgan fingerprint density at radius 2 is 1.62 bits per heavy atom. The van der Waals surface area contributed by atoms with Crippen molar-refractivity contribution in [1.29, 1.82) is 0 Å². The fourth-order valence-electron chi connectivity index (χ4n) is 2.86. The first-order chi connectivity index (χ1) is 14.0. The van der Waals surface area contributed by atoms with Crippen LogP contribution in [0.15, 0.2) is 60.9 Å². The summed E-state index contributed by atoms with van der Waals surface area (Å²) in [7, 11) is 1.60. The van der Waals surface area contributed by atoms with Gasteiger partial charge in [-0.3, -0.25) is 14.6 Å². The third-order valence-corrected chi connectivity index (χ3v) is 4.50. The molecule has 2 N–H and O–H groups in total. The molecule has 0 aliphatic heterocycles. The number of pyridine rings is 1. The van der Waals surface area contributed by atoms with Crippen LogP contribution in [0.5, 0.6) is 5.75 Å². The molecule has 3 aromatic rings. The zero-order chi connectivity index (χ0) is 20.8. The summed E-state index contributed by atoms with van der Waals surface area (Å²) in [6.45, 7) is 4.29. The maximum atomic E-state index is 12.6. The van der Waals surface area contributed by atoms with Crippen LogP contribution in [0.4, 0.5) is 5.69 Å². The predicted molar refractivity (Wildman–Crippen MR) is 112 cm³/mol. The molecule has 2 aromatic carbocycles. The standard InChI is InChI=1S/C23H23N3O3/c1-15-4-9-21(16(2)10-15)26-23(28)19-11-18(13-24-14-19)22(27)25-12-17-5-7-20(29-3)8-6-17/h4-11,13-14H,12H2,1-3H3,(H,25,27)(H,26,28). The van der Waals surface area contributed by atoms with Crippen molar-refractivity contribution in [2.75, 3.05) is 12.4 Å². The number of benzene rings is 2. The number of nitrogens with one attached hydrogen (secondary N) is 2. The highest BCUT2D eigenvalue weighted by atomic mass is 16.5. The van der Waals surface area contributed by atoms with Crippen LogP contribution in [0.1, 0.15) is 37.4 Å². The largest absolute Gasteiger partial charge is 0.497 e. The van der Waals surface area contributed by atoms with E-state index in [1.807, 2.05) is 56.3 Å². The van der Waals surface area contributed by atoms with Crippen molar-refractivity contribution in [3.8, 4) is 5.75 Å². The van der Waals surface area contributed by atoms with Crippen molar-refractivity contribution < 1.29 is 14.3 Å². The molecule has 2 amide bonds. The minimum absolute atomic E-state index is 0.297.